The monoisotopic (exact) mass is 495 g/mol. The summed E-state index contributed by atoms with van der Waals surface area (Å²) in [4.78, 5) is 18.1. The molecule has 9 heteroatoms. The Kier molecular flexibility index (Phi) is 5.75. The van der Waals surface area contributed by atoms with Gasteiger partial charge in [-0.25, -0.2) is 18.6 Å². The molecule has 1 aliphatic carbocycles. The van der Waals surface area contributed by atoms with Crippen molar-refractivity contribution in [3.63, 3.8) is 0 Å². The topological polar surface area (TPSA) is 88.7 Å². The lowest BCUT2D eigenvalue weighted by molar-refractivity contribution is 0.0146. The molecule has 0 amide bonds. The fourth-order valence-corrected chi connectivity index (χ4v) is 5.79. The summed E-state index contributed by atoms with van der Waals surface area (Å²) < 4.78 is 41.0. The molecule has 6 rings (SSSR count). The highest BCUT2D eigenvalue weighted by Gasteiger charge is 2.42. The van der Waals surface area contributed by atoms with Crippen LogP contribution in [0.1, 0.15) is 71.7 Å². The number of pyridine rings is 1. The van der Waals surface area contributed by atoms with E-state index < -0.39 is 17.6 Å². The molecular weight excluding hydrogens is 468 g/mol. The Morgan fingerprint density at radius 3 is 2.47 bits per heavy atom. The van der Waals surface area contributed by atoms with Gasteiger partial charge in [0.05, 0.1) is 23.8 Å². The summed E-state index contributed by atoms with van der Waals surface area (Å²) in [6, 6.07) is 6.11. The van der Waals surface area contributed by atoms with Crippen molar-refractivity contribution in [2.75, 3.05) is 4.90 Å². The molecule has 1 N–H and O–H groups in total. The van der Waals surface area contributed by atoms with Crippen LogP contribution in [0, 0.1) is 18.6 Å². The van der Waals surface area contributed by atoms with Crippen molar-refractivity contribution >= 4 is 11.8 Å². The van der Waals surface area contributed by atoms with E-state index in [1.54, 1.807) is 6.92 Å². The lowest BCUT2D eigenvalue weighted by Gasteiger charge is -2.39. The second-order valence-corrected chi connectivity index (χ2v) is 10.1. The van der Waals surface area contributed by atoms with Gasteiger partial charge in [0, 0.05) is 29.8 Å². The molecule has 1 saturated carbocycles. The fraction of sp³-hybridized carbons (Fsp3) is 0.444. The number of carboxylic acids is 1. The van der Waals surface area contributed by atoms with E-state index in [-0.39, 0.29) is 47.5 Å². The highest BCUT2D eigenvalue weighted by molar-refractivity contribution is 5.89. The van der Waals surface area contributed by atoms with Crippen LogP contribution in [-0.4, -0.2) is 39.4 Å². The van der Waals surface area contributed by atoms with E-state index >= 15 is 0 Å². The Labute approximate surface area is 207 Å². The Morgan fingerprint density at radius 1 is 1.17 bits per heavy atom. The van der Waals surface area contributed by atoms with Gasteiger partial charge in [-0.1, -0.05) is 11.2 Å². The zero-order chi connectivity index (χ0) is 25.0. The number of hydrogen-bond acceptors (Lipinski definition) is 6. The molecule has 2 aliphatic heterocycles. The van der Waals surface area contributed by atoms with Crippen molar-refractivity contribution in [1.82, 2.24) is 10.1 Å². The van der Waals surface area contributed by atoms with Gasteiger partial charge in [0.2, 0.25) is 0 Å². The molecule has 0 spiro atoms. The number of aromatic carboxylic acids is 1. The number of carboxylic acid groups (broad SMARTS) is 1. The number of aromatic nitrogens is 2. The summed E-state index contributed by atoms with van der Waals surface area (Å²) in [7, 11) is 0. The molecule has 188 valence electrons. The molecule has 36 heavy (non-hydrogen) atoms. The summed E-state index contributed by atoms with van der Waals surface area (Å²) in [5.41, 5.74) is 1.56. The second-order valence-electron chi connectivity index (χ2n) is 10.1. The number of halogens is 2. The zero-order valence-electron chi connectivity index (χ0n) is 19.9. The van der Waals surface area contributed by atoms with Crippen LogP contribution in [0.5, 0.6) is 0 Å². The third-order valence-electron chi connectivity index (χ3n) is 7.71. The fourth-order valence-electron chi connectivity index (χ4n) is 5.79. The minimum atomic E-state index is -0.976. The predicted octanol–water partition coefficient (Wildman–Crippen LogP) is 5.62. The minimum absolute atomic E-state index is 0.0154. The molecule has 3 aromatic rings. The van der Waals surface area contributed by atoms with Gasteiger partial charge in [-0.2, -0.15) is 0 Å². The maximum absolute atomic E-state index is 14.5. The van der Waals surface area contributed by atoms with Crippen LogP contribution in [0.25, 0.3) is 11.3 Å². The number of benzene rings is 1. The average Bonchev–Trinajstić information content (AvgIpc) is 3.55. The second kappa shape index (κ2) is 8.96. The molecule has 2 unspecified atom stereocenters. The number of rotatable bonds is 7. The van der Waals surface area contributed by atoms with E-state index in [1.807, 2.05) is 6.07 Å². The van der Waals surface area contributed by atoms with Crippen molar-refractivity contribution in [1.29, 1.82) is 0 Å². The van der Waals surface area contributed by atoms with E-state index in [4.69, 9.17) is 9.26 Å². The first-order valence-electron chi connectivity index (χ1n) is 12.4. The minimum Gasteiger partial charge on any atom is -0.478 e. The number of carbonyl (C=O) groups is 1. The Balaban J connectivity index is 1.20. The quantitative estimate of drug-likeness (QED) is 0.455. The van der Waals surface area contributed by atoms with Crippen molar-refractivity contribution in [2.45, 2.75) is 76.2 Å². The maximum Gasteiger partial charge on any atom is 0.337 e. The summed E-state index contributed by atoms with van der Waals surface area (Å²) in [5, 5.41) is 13.4. The smallest absolute Gasteiger partial charge is 0.337 e. The SMILES string of the molecule is Cc1cc(N2C3CC[C@H]2CC(OCc2c(-c4c(F)cccc4F)noc2C2CC2)C3)ncc1C(=O)O. The highest BCUT2D eigenvalue weighted by Crippen LogP contribution is 2.45. The molecule has 2 bridgehead atoms. The maximum atomic E-state index is 14.5. The van der Waals surface area contributed by atoms with Crippen LogP contribution in [0.2, 0.25) is 0 Å². The van der Waals surface area contributed by atoms with Gasteiger partial charge in [0.25, 0.3) is 0 Å². The molecule has 7 nitrogen and oxygen atoms in total. The molecule has 2 aromatic heterocycles. The summed E-state index contributed by atoms with van der Waals surface area (Å²) in [5.74, 6) is -0.622. The number of nitrogens with zero attached hydrogens (tertiary/aromatic N) is 3. The number of piperidine rings is 1. The lowest BCUT2D eigenvalue weighted by atomic mass is 9.98. The molecule has 3 aliphatic rings. The van der Waals surface area contributed by atoms with Gasteiger partial charge in [0.1, 0.15) is 28.9 Å². The van der Waals surface area contributed by atoms with Crippen LogP contribution >= 0.6 is 0 Å². The largest absolute Gasteiger partial charge is 0.478 e. The standard InChI is InChI=1S/C27H27F2N3O4/c1-14-9-23(30-12-19(14)27(33)34)32-16-7-8-17(32)11-18(10-16)35-13-20-25(31-36-26(20)15-5-6-15)24-21(28)3-2-4-22(24)29/h2-4,9,12,15-18H,5-8,10-11,13H2,1H3,(H,33,34)/t16-,17?,18?/m0/s1. The van der Waals surface area contributed by atoms with Gasteiger partial charge in [0.15, 0.2) is 0 Å². The van der Waals surface area contributed by atoms with E-state index in [1.165, 1.54) is 24.4 Å². The summed E-state index contributed by atoms with van der Waals surface area (Å²) in [6.07, 6.45) is 6.98. The van der Waals surface area contributed by atoms with E-state index in [2.05, 4.69) is 15.0 Å². The number of anilines is 1. The first-order valence-corrected chi connectivity index (χ1v) is 12.4. The molecule has 4 heterocycles. The van der Waals surface area contributed by atoms with Gasteiger partial charge in [-0.15, -0.1) is 0 Å². The van der Waals surface area contributed by atoms with Crippen molar-refractivity contribution in [3.05, 3.63) is 64.5 Å². The van der Waals surface area contributed by atoms with Gasteiger partial charge in [-0.05, 0) is 69.2 Å². The van der Waals surface area contributed by atoms with Crippen LogP contribution < -0.4 is 4.90 Å². The van der Waals surface area contributed by atoms with Crippen LogP contribution in [0.4, 0.5) is 14.6 Å². The van der Waals surface area contributed by atoms with E-state index in [0.29, 0.717) is 16.9 Å². The first-order chi connectivity index (χ1) is 17.4. The summed E-state index contributed by atoms with van der Waals surface area (Å²) in [6.45, 7) is 1.98. The van der Waals surface area contributed by atoms with Gasteiger partial charge < -0.3 is 19.3 Å². The number of fused-ring (bicyclic) bond motifs is 2. The molecule has 3 atom stereocenters. The van der Waals surface area contributed by atoms with E-state index in [9.17, 15) is 18.7 Å². The number of aryl methyl sites for hydroxylation is 1. The average molecular weight is 496 g/mol. The van der Waals surface area contributed by atoms with Crippen LogP contribution in [-0.2, 0) is 11.3 Å². The Bertz CT molecular complexity index is 1290. The predicted molar refractivity (Wildman–Crippen MR) is 127 cm³/mol. The van der Waals surface area contributed by atoms with Gasteiger partial charge >= 0.3 is 5.97 Å². The van der Waals surface area contributed by atoms with E-state index in [0.717, 1.165) is 44.3 Å². The zero-order valence-corrected chi connectivity index (χ0v) is 19.9. The van der Waals surface area contributed by atoms with Gasteiger partial charge in [-0.3, -0.25) is 0 Å². The van der Waals surface area contributed by atoms with Crippen LogP contribution in [0.3, 0.4) is 0 Å². The first kappa shape index (κ1) is 23.1. The molecule has 1 aromatic carbocycles. The number of hydrogen-bond donors (Lipinski definition) is 1. The highest BCUT2D eigenvalue weighted by atomic mass is 19.1. The van der Waals surface area contributed by atoms with Crippen molar-refractivity contribution < 1.29 is 27.9 Å². The third-order valence-corrected chi connectivity index (χ3v) is 7.71. The molecule has 2 saturated heterocycles. The third kappa shape index (κ3) is 4.05. The summed E-state index contributed by atoms with van der Waals surface area (Å²) >= 11 is 0. The molecular formula is C27H27F2N3O4. The normalized spacial score (nSPS) is 23.3. The molecule has 0 radical (unpaired) electrons. The van der Waals surface area contributed by atoms with Crippen molar-refractivity contribution in [3.8, 4) is 11.3 Å². The Morgan fingerprint density at radius 2 is 1.86 bits per heavy atom. The molecule has 3 fully saturated rings. The number of ether oxygens (including phenoxy) is 1. The lowest BCUT2D eigenvalue weighted by Crippen LogP contribution is -2.46. The van der Waals surface area contributed by atoms with Crippen LogP contribution in [0.15, 0.2) is 35.0 Å². The Hall–Kier alpha value is -3.33. The van der Waals surface area contributed by atoms with Crippen molar-refractivity contribution in [2.24, 2.45) is 0 Å².